The molecule has 0 saturated carbocycles. The van der Waals surface area contributed by atoms with Crippen molar-refractivity contribution in [2.45, 2.75) is 20.8 Å². The van der Waals surface area contributed by atoms with Crippen LogP contribution < -0.4 is 16.0 Å². The molecule has 7 heteroatoms. The van der Waals surface area contributed by atoms with Gasteiger partial charge in [0.25, 0.3) is 0 Å². The molecule has 0 aliphatic carbocycles. The van der Waals surface area contributed by atoms with Gasteiger partial charge in [0.05, 0.1) is 6.61 Å². The van der Waals surface area contributed by atoms with Crippen molar-refractivity contribution in [3.8, 4) is 0 Å². The number of urea groups is 1. The molecule has 0 aromatic heterocycles. The van der Waals surface area contributed by atoms with Crippen LogP contribution in [0.1, 0.15) is 20.8 Å². The van der Waals surface area contributed by atoms with E-state index in [4.69, 9.17) is 4.74 Å². The summed E-state index contributed by atoms with van der Waals surface area (Å²) in [5.74, 6) is 0. The number of nitrogens with one attached hydrogen (secondary N) is 3. The first-order chi connectivity index (χ1) is 11.1. The van der Waals surface area contributed by atoms with Gasteiger partial charge in [-0.15, -0.1) is 0 Å². The molecule has 23 heavy (non-hydrogen) atoms. The minimum Gasteiger partial charge on any atom is -0.450 e. The molecule has 0 unspecified atom stereocenters. The molecule has 128 valence electrons. The first-order valence-corrected chi connectivity index (χ1v) is 7.90. The van der Waals surface area contributed by atoms with Crippen LogP contribution >= 0.6 is 0 Å². The number of hydrogen-bond acceptors (Lipinski definition) is 4. The molecule has 0 heterocycles. The number of likely N-dealkylation sites (N-methyl/N-ethyl adjacent to an activating group) is 1. The van der Waals surface area contributed by atoms with Crippen molar-refractivity contribution in [3.05, 3.63) is 24.3 Å². The minimum atomic E-state index is -0.498. The molecule has 1 aromatic carbocycles. The highest BCUT2D eigenvalue weighted by atomic mass is 16.5. The first-order valence-electron chi connectivity index (χ1n) is 7.90. The Balaban J connectivity index is 2.36. The molecule has 0 spiro atoms. The summed E-state index contributed by atoms with van der Waals surface area (Å²) in [7, 11) is 0. The van der Waals surface area contributed by atoms with E-state index in [2.05, 4.69) is 34.7 Å². The van der Waals surface area contributed by atoms with E-state index in [1.807, 2.05) is 0 Å². The van der Waals surface area contributed by atoms with Crippen molar-refractivity contribution in [2.75, 3.05) is 43.4 Å². The Morgan fingerprint density at radius 2 is 1.57 bits per heavy atom. The van der Waals surface area contributed by atoms with Crippen LogP contribution in [-0.2, 0) is 4.74 Å². The highest BCUT2D eigenvalue weighted by Gasteiger charge is 2.05. The highest BCUT2D eigenvalue weighted by Crippen LogP contribution is 2.13. The van der Waals surface area contributed by atoms with Gasteiger partial charge in [-0.1, -0.05) is 13.8 Å². The lowest BCUT2D eigenvalue weighted by Crippen LogP contribution is -2.36. The summed E-state index contributed by atoms with van der Waals surface area (Å²) in [6.07, 6.45) is -0.498. The number of nitrogens with zero attached hydrogens (tertiary/aromatic N) is 1. The Hall–Kier alpha value is -2.28. The average molecular weight is 322 g/mol. The summed E-state index contributed by atoms with van der Waals surface area (Å²) in [5, 5.41) is 8.15. The summed E-state index contributed by atoms with van der Waals surface area (Å²) in [4.78, 5) is 25.3. The third-order valence-corrected chi connectivity index (χ3v) is 3.27. The van der Waals surface area contributed by atoms with Crippen LogP contribution in [0, 0.1) is 0 Å². The summed E-state index contributed by atoms with van der Waals surface area (Å²) in [5.41, 5.74) is 1.26. The van der Waals surface area contributed by atoms with Crippen LogP contribution in [0.4, 0.5) is 21.0 Å². The fourth-order valence-electron chi connectivity index (χ4n) is 1.96. The minimum absolute atomic E-state index is 0.247. The molecule has 3 amide bonds. The van der Waals surface area contributed by atoms with Crippen LogP contribution in [0.2, 0.25) is 0 Å². The molecule has 0 fully saturated rings. The lowest BCUT2D eigenvalue weighted by Gasteiger charge is -2.18. The molecule has 1 rings (SSSR count). The van der Waals surface area contributed by atoms with E-state index in [0.717, 1.165) is 19.6 Å². The van der Waals surface area contributed by atoms with E-state index < -0.39 is 6.09 Å². The second kappa shape index (κ2) is 10.4. The molecule has 0 saturated heterocycles. The van der Waals surface area contributed by atoms with Crippen molar-refractivity contribution in [1.82, 2.24) is 10.2 Å². The monoisotopic (exact) mass is 322 g/mol. The fourth-order valence-corrected chi connectivity index (χ4v) is 1.96. The standard InChI is InChI=1S/C16H26N4O3/c1-4-20(5-2)12-11-17-15(21)18-13-7-9-14(10-8-13)19-16(22)23-6-3/h7-10H,4-6,11-12H2,1-3H3,(H,19,22)(H2,17,18,21). The zero-order valence-electron chi connectivity index (χ0n) is 14.0. The molecule has 7 nitrogen and oxygen atoms in total. The maximum Gasteiger partial charge on any atom is 0.411 e. The number of anilines is 2. The normalized spacial score (nSPS) is 10.3. The molecule has 0 bridgehead atoms. The van der Waals surface area contributed by atoms with E-state index in [-0.39, 0.29) is 6.03 Å². The largest absolute Gasteiger partial charge is 0.450 e. The number of benzene rings is 1. The third kappa shape index (κ3) is 7.51. The van der Waals surface area contributed by atoms with Gasteiger partial charge in [-0.25, -0.2) is 9.59 Å². The van der Waals surface area contributed by atoms with Gasteiger partial charge >= 0.3 is 12.1 Å². The molecule has 1 aromatic rings. The Morgan fingerprint density at radius 3 is 2.09 bits per heavy atom. The second-order valence-corrected chi connectivity index (χ2v) is 4.83. The molecular weight excluding hydrogens is 296 g/mol. The average Bonchev–Trinajstić information content (AvgIpc) is 2.54. The second-order valence-electron chi connectivity index (χ2n) is 4.83. The Kier molecular flexibility index (Phi) is 8.52. The first kappa shape index (κ1) is 18.8. The van der Waals surface area contributed by atoms with Crippen molar-refractivity contribution >= 4 is 23.5 Å². The summed E-state index contributed by atoms with van der Waals surface area (Å²) < 4.78 is 4.79. The number of amides is 3. The topological polar surface area (TPSA) is 82.7 Å². The predicted octanol–water partition coefficient (Wildman–Crippen LogP) is 2.72. The maximum atomic E-state index is 11.8. The van der Waals surface area contributed by atoms with E-state index in [0.29, 0.717) is 24.5 Å². The summed E-state index contributed by atoms with van der Waals surface area (Å²) >= 11 is 0. The van der Waals surface area contributed by atoms with Crippen molar-refractivity contribution in [3.63, 3.8) is 0 Å². The van der Waals surface area contributed by atoms with E-state index in [1.54, 1.807) is 31.2 Å². The van der Waals surface area contributed by atoms with E-state index in [1.165, 1.54) is 0 Å². The van der Waals surface area contributed by atoms with Gasteiger partial charge in [0.1, 0.15) is 0 Å². The van der Waals surface area contributed by atoms with Crippen molar-refractivity contribution in [1.29, 1.82) is 0 Å². The van der Waals surface area contributed by atoms with Gasteiger partial charge in [0.2, 0.25) is 0 Å². The summed E-state index contributed by atoms with van der Waals surface area (Å²) in [6, 6.07) is 6.57. The predicted molar refractivity (Wildman–Crippen MR) is 91.9 cm³/mol. The van der Waals surface area contributed by atoms with Crippen molar-refractivity contribution in [2.24, 2.45) is 0 Å². The number of ether oxygens (including phenoxy) is 1. The smallest absolute Gasteiger partial charge is 0.411 e. The van der Waals surface area contributed by atoms with E-state index >= 15 is 0 Å². The van der Waals surface area contributed by atoms with Crippen LogP contribution in [0.5, 0.6) is 0 Å². The zero-order chi connectivity index (χ0) is 17.1. The number of rotatable bonds is 8. The maximum absolute atomic E-state index is 11.8. The van der Waals surface area contributed by atoms with E-state index in [9.17, 15) is 9.59 Å². The molecule has 0 atom stereocenters. The SMILES string of the molecule is CCOC(=O)Nc1ccc(NC(=O)NCCN(CC)CC)cc1. The van der Waals surface area contributed by atoms with Gasteiger partial charge < -0.3 is 20.3 Å². The lowest BCUT2D eigenvalue weighted by atomic mass is 10.3. The van der Waals surface area contributed by atoms with Crippen LogP contribution in [0.15, 0.2) is 24.3 Å². The van der Waals surface area contributed by atoms with Gasteiger partial charge in [0, 0.05) is 24.5 Å². The van der Waals surface area contributed by atoms with Crippen LogP contribution in [-0.4, -0.2) is 49.8 Å². The third-order valence-electron chi connectivity index (χ3n) is 3.27. The molecule has 3 N–H and O–H groups in total. The van der Waals surface area contributed by atoms with Gasteiger partial charge in [0.15, 0.2) is 0 Å². The fraction of sp³-hybridized carbons (Fsp3) is 0.500. The van der Waals surface area contributed by atoms with Crippen LogP contribution in [0.3, 0.4) is 0 Å². The molecular formula is C16H26N4O3. The number of carbonyl (C=O) groups is 2. The quantitative estimate of drug-likeness (QED) is 0.687. The highest BCUT2D eigenvalue weighted by molar-refractivity contribution is 5.90. The van der Waals surface area contributed by atoms with Crippen molar-refractivity contribution < 1.29 is 14.3 Å². The Labute approximate surface area is 137 Å². The van der Waals surface area contributed by atoms with Gasteiger partial charge in [-0.2, -0.15) is 0 Å². The number of hydrogen-bond donors (Lipinski definition) is 3. The molecule has 0 radical (unpaired) electrons. The number of carbonyl (C=O) groups excluding carboxylic acids is 2. The summed E-state index contributed by atoms with van der Waals surface area (Å²) in [6.45, 7) is 9.60. The Bertz CT molecular complexity index is 487. The van der Waals surface area contributed by atoms with Crippen LogP contribution in [0.25, 0.3) is 0 Å². The zero-order valence-corrected chi connectivity index (χ0v) is 14.0. The van der Waals surface area contributed by atoms with Gasteiger partial charge in [-0.05, 0) is 44.3 Å². The molecule has 0 aliphatic heterocycles. The Morgan fingerprint density at radius 1 is 1.00 bits per heavy atom. The molecule has 0 aliphatic rings. The van der Waals surface area contributed by atoms with Gasteiger partial charge in [-0.3, -0.25) is 5.32 Å². The lowest BCUT2D eigenvalue weighted by molar-refractivity contribution is 0.168.